The predicted octanol–water partition coefficient (Wildman–Crippen LogP) is 1.69. The Labute approximate surface area is 122 Å². The fourth-order valence-electron chi connectivity index (χ4n) is 2.07. The molecule has 7 heteroatoms. The summed E-state index contributed by atoms with van der Waals surface area (Å²) in [6, 6.07) is 5.69. The molecule has 0 amide bonds. The van der Waals surface area contributed by atoms with Crippen LogP contribution < -0.4 is 25.5 Å². The number of anilines is 1. The number of hydrogen-bond donors (Lipinski definition) is 2. The van der Waals surface area contributed by atoms with E-state index in [0.717, 1.165) is 22.6 Å². The number of nitrogens with one attached hydrogen (secondary N) is 1. The molecule has 2 heterocycles. The largest absolute Gasteiger partial charge is 0.472 e. The van der Waals surface area contributed by atoms with Crippen molar-refractivity contribution in [1.29, 1.82) is 0 Å². The number of aromatic nitrogens is 2. The van der Waals surface area contributed by atoms with Crippen molar-refractivity contribution in [2.45, 2.75) is 20.5 Å². The first-order valence-corrected chi connectivity index (χ1v) is 6.50. The third-order valence-corrected chi connectivity index (χ3v) is 3.16. The average molecular weight is 288 g/mol. The first kappa shape index (κ1) is 13.4. The Balaban J connectivity index is 1.77. The van der Waals surface area contributed by atoms with Crippen LogP contribution >= 0.6 is 0 Å². The summed E-state index contributed by atoms with van der Waals surface area (Å²) in [5, 5.41) is 0. The number of hydrogen-bond acceptors (Lipinski definition) is 7. The van der Waals surface area contributed by atoms with E-state index in [2.05, 4.69) is 15.4 Å². The molecule has 7 nitrogen and oxygen atoms in total. The Morgan fingerprint density at radius 3 is 2.86 bits per heavy atom. The number of aryl methyl sites for hydroxylation is 1. The van der Waals surface area contributed by atoms with Crippen molar-refractivity contribution >= 4 is 5.82 Å². The molecule has 0 bridgehead atoms. The summed E-state index contributed by atoms with van der Waals surface area (Å²) < 4.78 is 16.4. The topological polar surface area (TPSA) is 91.5 Å². The van der Waals surface area contributed by atoms with Crippen molar-refractivity contribution in [2.24, 2.45) is 5.84 Å². The lowest BCUT2D eigenvalue weighted by atomic mass is 10.2. The van der Waals surface area contributed by atoms with Crippen LogP contribution in [0, 0.1) is 13.8 Å². The van der Waals surface area contributed by atoms with Gasteiger partial charge in [0.1, 0.15) is 18.2 Å². The van der Waals surface area contributed by atoms with Crippen molar-refractivity contribution in [1.82, 2.24) is 9.97 Å². The number of nitrogens with zero attached hydrogens (tertiary/aromatic N) is 2. The predicted molar refractivity (Wildman–Crippen MR) is 76.2 cm³/mol. The second-order valence-electron chi connectivity index (χ2n) is 4.67. The van der Waals surface area contributed by atoms with Crippen molar-refractivity contribution in [3.05, 3.63) is 35.2 Å². The van der Waals surface area contributed by atoms with Crippen molar-refractivity contribution in [2.75, 3.05) is 12.2 Å². The van der Waals surface area contributed by atoms with Crippen LogP contribution in [0.4, 0.5) is 5.82 Å². The van der Waals surface area contributed by atoms with Gasteiger partial charge in [0, 0.05) is 0 Å². The zero-order chi connectivity index (χ0) is 14.8. The number of nitrogen functional groups attached to an aromatic ring is 1. The SMILES string of the molecule is Cc1nc(NN)c(C)c(OCc2ccc3c(c2)OCO3)n1. The summed E-state index contributed by atoms with van der Waals surface area (Å²) in [5.74, 6) is 8.57. The highest BCUT2D eigenvalue weighted by molar-refractivity contribution is 5.48. The number of nitrogens with two attached hydrogens (primary N) is 1. The molecule has 110 valence electrons. The van der Waals surface area contributed by atoms with Crippen LogP contribution in [-0.2, 0) is 6.61 Å². The molecule has 1 aromatic heterocycles. The average Bonchev–Trinajstić information content (AvgIpc) is 2.95. The Morgan fingerprint density at radius 1 is 1.24 bits per heavy atom. The highest BCUT2D eigenvalue weighted by Crippen LogP contribution is 2.33. The Morgan fingerprint density at radius 2 is 2.05 bits per heavy atom. The Kier molecular flexibility index (Phi) is 3.49. The van der Waals surface area contributed by atoms with Crippen LogP contribution in [0.2, 0.25) is 0 Å². The first-order chi connectivity index (χ1) is 10.2. The van der Waals surface area contributed by atoms with Gasteiger partial charge in [0.25, 0.3) is 0 Å². The monoisotopic (exact) mass is 288 g/mol. The lowest BCUT2D eigenvalue weighted by molar-refractivity contribution is 0.174. The van der Waals surface area contributed by atoms with Crippen molar-refractivity contribution < 1.29 is 14.2 Å². The molecule has 0 saturated carbocycles. The minimum Gasteiger partial charge on any atom is -0.472 e. The van der Waals surface area contributed by atoms with Gasteiger partial charge >= 0.3 is 0 Å². The second-order valence-corrected chi connectivity index (χ2v) is 4.67. The van der Waals surface area contributed by atoms with E-state index in [9.17, 15) is 0 Å². The van der Waals surface area contributed by atoms with Gasteiger partial charge in [-0.15, -0.1) is 0 Å². The Bertz CT molecular complexity index is 676. The number of ether oxygens (including phenoxy) is 3. The van der Waals surface area contributed by atoms with Gasteiger partial charge in [-0.05, 0) is 31.5 Å². The molecular formula is C14H16N4O3. The van der Waals surface area contributed by atoms with Crippen molar-refractivity contribution in [3.8, 4) is 17.4 Å². The molecule has 3 N–H and O–H groups in total. The van der Waals surface area contributed by atoms with Gasteiger partial charge in [-0.3, -0.25) is 0 Å². The highest BCUT2D eigenvalue weighted by atomic mass is 16.7. The van der Waals surface area contributed by atoms with Gasteiger partial charge in [-0.1, -0.05) is 6.07 Å². The van der Waals surface area contributed by atoms with E-state index in [1.165, 1.54) is 0 Å². The minimum absolute atomic E-state index is 0.259. The summed E-state index contributed by atoms with van der Waals surface area (Å²) in [7, 11) is 0. The number of hydrazine groups is 1. The zero-order valence-electron chi connectivity index (χ0n) is 11.8. The van der Waals surface area contributed by atoms with Gasteiger partial charge in [-0.25, -0.2) is 10.8 Å². The zero-order valence-corrected chi connectivity index (χ0v) is 11.8. The molecule has 0 fully saturated rings. The van der Waals surface area contributed by atoms with Crippen LogP contribution in [0.5, 0.6) is 17.4 Å². The maximum Gasteiger partial charge on any atom is 0.231 e. The van der Waals surface area contributed by atoms with Gasteiger partial charge < -0.3 is 19.6 Å². The van der Waals surface area contributed by atoms with E-state index in [1.54, 1.807) is 6.92 Å². The molecule has 0 spiro atoms. The lowest BCUT2D eigenvalue weighted by Gasteiger charge is -2.12. The molecule has 1 aliphatic rings. The van der Waals surface area contributed by atoms with Crippen LogP contribution in [0.15, 0.2) is 18.2 Å². The van der Waals surface area contributed by atoms with Crippen LogP contribution in [0.25, 0.3) is 0 Å². The van der Waals surface area contributed by atoms with E-state index in [1.807, 2.05) is 25.1 Å². The quantitative estimate of drug-likeness (QED) is 0.653. The van der Waals surface area contributed by atoms with Crippen molar-refractivity contribution in [3.63, 3.8) is 0 Å². The van der Waals surface area contributed by atoms with Gasteiger partial charge in [0.2, 0.25) is 12.7 Å². The molecule has 0 aliphatic carbocycles. The number of fused-ring (bicyclic) bond motifs is 1. The first-order valence-electron chi connectivity index (χ1n) is 6.50. The highest BCUT2D eigenvalue weighted by Gasteiger charge is 2.14. The standard InChI is InChI=1S/C14H16N4O3/c1-8-13(18-15)16-9(2)17-14(8)19-6-10-3-4-11-12(5-10)21-7-20-11/h3-5H,6-7,15H2,1-2H3,(H,16,17,18). The third-order valence-electron chi connectivity index (χ3n) is 3.16. The molecular weight excluding hydrogens is 272 g/mol. The minimum atomic E-state index is 0.259. The molecule has 21 heavy (non-hydrogen) atoms. The summed E-state index contributed by atoms with van der Waals surface area (Å²) in [6.45, 7) is 4.27. The van der Waals surface area contributed by atoms with Gasteiger partial charge in [0.15, 0.2) is 11.5 Å². The van der Waals surface area contributed by atoms with E-state index >= 15 is 0 Å². The fraction of sp³-hybridized carbons (Fsp3) is 0.286. The third kappa shape index (κ3) is 2.68. The maximum atomic E-state index is 5.76. The summed E-state index contributed by atoms with van der Waals surface area (Å²) >= 11 is 0. The van der Waals surface area contributed by atoms with E-state index in [-0.39, 0.29) is 6.79 Å². The number of rotatable bonds is 4. The molecule has 0 atom stereocenters. The summed E-state index contributed by atoms with van der Waals surface area (Å²) in [4.78, 5) is 8.47. The molecule has 0 saturated heterocycles. The smallest absolute Gasteiger partial charge is 0.231 e. The lowest BCUT2D eigenvalue weighted by Crippen LogP contribution is -2.13. The van der Waals surface area contributed by atoms with Crippen LogP contribution in [0.1, 0.15) is 17.0 Å². The normalized spacial score (nSPS) is 12.3. The van der Waals surface area contributed by atoms with E-state index in [4.69, 9.17) is 20.1 Å². The Hall–Kier alpha value is -2.54. The number of benzene rings is 1. The molecule has 1 aliphatic heterocycles. The summed E-state index contributed by atoms with van der Waals surface area (Å²) in [5.41, 5.74) is 4.28. The molecule has 3 rings (SSSR count). The van der Waals surface area contributed by atoms with Crippen LogP contribution in [0.3, 0.4) is 0 Å². The second kappa shape index (κ2) is 5.45. The molecule has 1 aromatic carbocycles. The summed E-state index contributed by atoms with van der Waals surface area (Å²) in [6.07, 6.45) is 0. The van der Waals surface area contributed by atoms with Gasteiger partial charge in [-0.2, -0.15) is 4.98 Å². The maximum absolute atomic E-state index is 5.76. The van der Waals surface area contributed by atoms with E-state index in [0.29, 0.717) is 24.1 Å². The molecule has 2 aromatic rings. The van der Waals surface area contributed by atoms with Crippen LogP contribution in [-0.4, -0.2) is 16.8 Å². The van der Waals surface area contributed by atoms with E-state index < -0.39 is 0 Å². The molecule has 0 unspecified atom stereocenters. The molecule has 0 radical (unpaired) electrons. The fourth-order valence-corrected chi connectivity index (χ4v) is 2.07. The van der Waals surface area contributed by atoms with Gasteiger partial charge in [0.05, 0.1) is 5.56 Å².